The molecule has 69 valence electrons. The molecule has 0 saturated carbocycles. The van der Waals surface area contributed by atoms with Crippen molar-refractivity contribution < 1.29 is 4.39 Å². The normalized spacial score (nSPS) is 10.1. The molecule has 0 aliphatic rings. The van der Waals surface area contributed by atoms with Gasteiger partial charge in [0.25, 0.3) is 0 Å². The second-order valence-electron chi connectivity index (χ2n) is 3.29. The Labute approximate surface area is 83.0 Å². The lowest BCUT2D eigenvalue weighted by Crippen LogP contribution is -1.81. The van der Waals surface area contributed by atoms with Gasteiger partial charge in [-0.3, -0.25) is 0 Å². The molecular formula is C13H10F. The van der Waals surface area contributed by atoms with Crippen molar-refractivity contribution in [2.75, 3.05) is 0 Å². The molecule has 0 amide bonds. The second-order valence-corrected chi connectivity index (χ2v) is 3.29. The van der Waals surface area contributed by atoms with Crippen molar-refractivity contribution in [3.8, 4) is 11.1 Å². The first-order valence-electron chi connectivity index (χ1n) is 4.50. The number of benzene rings is 2. The highest BCUT2D eigenvalue weighted by Crippen LogP contribution is 2.20. The van der Waals surface area contributed by atoms with Gasteiger partial charge < -0.3 is 0 Å². The lowest BCUT2D eigenvalue weighted by Gasteiger charge is -2.01. The molecule has 0 atom stereocenters. The number of halogens is 1. The lowest BCUT2D eigenvalue weighted by molar-refractivity contribution is 0.628. The Kier molecular flexibility index (Phi) is 2.32. The van der Waals surface area contributed by atoms with Crippen LogP contribution in [-0.2, 0) is 0 Å². The van der Waals surface area contributed by atoms with E-state index in [9.17, 15) is 4.39 Å². The maximum atomic E-state index is 12.9. The summed E-state index contributed by atoms with van der Waals surface area (Å²) in [4.78, 5) is 0. The quantitative estimate of drug-likeness (QED) is 0.636. The maximum absolute atomic E-state index is 12.9. The monoisotopic (exact) mass is 185 g/mol. The Balaban J connectivity index is 2.49. The van der Waals surface area contributed by atoms with Crippen LogP contribution in [0.5, 0.6) is 0 Å². The number of aryl methyl sites for hydroxylation is 1. The third-order valence-corrected chi connectivity index (χ3v) is 2.09. The average Bonchev–Trinajstić information content (AvgIpc) is 2.18. The second kappa shape index (κ2) is 3.62. The molecular weight excluding hydrogens is 175 g/mol. The highest BCUT2D eigenvalue weighted by Gasteiger charge is 1.98. The molecule has 0 nitrogen and oxygen atoms in total. The molecule has 2 rings (SSSR count). The van der Waals surface area contributed by atoms with E-state index in [2.05, 4.69) is 6.07 Å². The van der Waals surface area contributed by atoms with Crippen molar-refractivity contribution in [1.29, 1.82) is 0 Å². The van der Waals surface area contributed by atoms with Crippen LogP contribution < -0.4 is 0 Å². The Morgan fingerprint density at radius 1 is 1.14 bits per heavy atom. The smallest absolute Gasteiger partial charge is 0.123 e. The van der Waals surface area contributed by atoms with Crippen molar-refractivity contribution in [2.45, 2.75) is 6.92 Å². The summed E-state index contributed by atoms with van der Waals surface area (Å²) < 4.78 is 12.9. The number of hydrogen-bond donors (Lipinski definition) is 0. The van der Waals surface area contributed by atoms with E-state index in [1.165, 1.54) is 12.1 Å². The van der Waals surface area contributed by atoms with Crippen LogP contribution in [0.4, 0.5) is 4.39 Å². The average molecular weight is 185 g/mol. The molecule has 2 aromatic carbocycles. The van der Waals surface area contributed by atoms with Crippen molar-refractivity contribution in [3.05, 3.63) is 59.9 Å². The zero-order valence-corrected chi connectivity index (χ0v) is 7.92. The molecule has 0 unspecified atom stereocenters. The van der Waals surface area contributed by atoms with Crippen LogP contribution >= 0.6 is 0 Å². The van der Waals surface area contributed by atoms with E-state index >= 15 is 0 Å². The van der Waals surface area contributed by atoms with Crippen LogP contribution in [-0.4, -0.2) is 0 Å². The molecule has 0 aromatic heterocycles. The molecule has 0 bridgehead atoms. The summed E-state index contributed by atoms with van der Waals surface area (Å²) in [6, 6.07) is 15.5. The van der Waals surface area contributed by atoms with Crippen molar-refractivity contribution in [3.63, 3.8) is 0 Å². The lowest BCUT2D eigenvalue weighted by atomic mass is 10.0. The van der Waals surface area contributed by atoms with E-state index in [1.807, 2.05) is 31.2 Å². The van der Waals surface area contributed by atoms with Crippen LogP contribution in [0.3, 0.4) is 0 Å². The summed E-state index contributed by atoms with van der Waals surface area (Å²) in [6.45, 7) is 2.01. The summed E-state index contributed by atoms with van der Waals surface area (Å²) in [5.41, 5.74) is 2.96. The first-order valence-corrected chi connectivity index (χ1v) is 4.50. The zero-order valence-electron chi connectivity index (χ0n) is 7.92. The third kappa shape index (κ3) is 1.82. The van der Waals surface area contributed by atoms with Gasteiger partial charge in [0.2, 0.25) is 0 Å². The van der Waals surface area contributed by atoms with Gasteiger partial charge >= 0.3 is 0 Å². The van der Waals surface area contributed by atoms with Crippen molar-refractivity contribution >= 4 is 0 Å². The minimum atomic E-state index is -0.211. The molecule has 0 saturated heterocycles. The Bertz CT molecular complexity index is 403. The van der Waals surface area contributed by atoms with Crippen LogP contribution in [0.15, 0.2) is 42.5 Å². The first-order chi connectivity index (χ1) is 6.75. The molecule has 0 N–H and O–H groups in total. The molecule has 0 heterocycles. The Hall–Kier alpha value is -1.63. The van der Waals surface area contributed by atoms with E-state index in [0.29, 0.717) is 0 Å². The molecule has 14 heavy (non-hydrogen) atoms. The molecule has 0 aliphatic carbocycles. The molecule has 0 fully saturated rings. The Morgan fingerprint density at radius 3 is 2.71 bits per heavy atom. The van der Waals surface area contributed by atoms with Gasteiger partial charge in [-0.25, -0.2) is 4.39 Å². The first kappa shape index (κ1) is 8.95. The van der Waals surface area contributed by atoms with Crippen LogP contribution in [0.1, 0.15) is 5.56 Å². The summed E-state index contributed by atoms with van der Waals surface area (Å²) in [7, 11) is 0. The van der Waals surface area contributed by atoms with E-state index in [-0.39, 0.29) is 5.82 Å². The van der Waals surface area contributed by atoms with Gasteiger partial charge in [0.05, 0.1) is 0 Å². The van der Waals surface area contributed by atoms with Crippen LogP contribution in [0, 0.1) is 18.8 Å². The van der Waals surface area contributed by atoms with Gasteiger partial charge in [0.15, 0.2) is 0 Å². The number of rotatable bonds is 1. The van der Waals surface area contributed by atoms with Crippen LogP contribution in [0.25, 0.3) is 11.1 Å². The molecule has 0 aliphatic heterocycles. The third-order valence-electron chi connectivity index (χ3n) is 2.09. The van der Waals surface area contributed by atoms with E-state index in [0.717, 1.165) is 16.7 Å². The van der Waals surface area contributed by atoms with Crippen molar-refractivity contribution in [1.82, 2.24) is 0 Å². The van der Waals surface area contributed by atoms with Crippen LogP contribution in [0.2, 0.25) is 0 Å². The highest BCUT2D eigenvalue weighted by atomic mass is 19.1. The maximum Gasteiger partial charge on any atom is 0.123 e. The fourth-order valence-electron chi connectivity index (χ4n) is 1.40. The van der Waals surface area contributed by atoms with E-state index in [4.69, 9.17) is 0 Å². The Morgan fingerprint density at radius 2 is 2.00 bits per heavy atom. The fourth-order valence-corrected chi connectivity index (χ4v) is 1.40. The van der Waals surface area contributed by atoms with Gasteiger partial charge in [-0.2, -0.15) is 0 Å². The summed E-state index contributed by atoms with van der Waals surface area (Å²) in [5.74, 6) is -0.211. The van der Waals surface area contributed by atoms with Gasteiger partial charge in [-0.15, -0.1) is 0 Å². The topological polar surface area (TPSA) is 0 Å². The largest absolute Gasteiger partial charge is 0.207 e. The van der Waals surface area contributed by atoms with E-state index in [1.54, 1.807) is 6.07 Å². The predicted molar refractivity (Wildman–Crippen MR) is 55.4 cm³/mol. The highest BCUT2D eigenvalue weighted by molar-refractivity contribution is 5.63. The fraction of sp³-hybridized carbons (Fsp3) is 0.0769. The molecule has 2 aromatic rings. The molecule has 0 spiro atoms. The summed E-state index contributed by atoms with van der Waals surface area (Å²) >= 11 is 0. The predicted octanol–water partition coefficient (Wildman–Crippen LogP) is 3.60. The standard InChI is InChI=1S/C13H10F/c1-10-4-2-5-11(8-10)12-6-3-7-13(14)9-12/h2-4,6-9H,1H3. The van der Waals surface area contributed by atoms with Gasteiger partial charge in [-0.05, 0) is 36.2 Å². The summed E-state index contributed by atoms with van der Waals surface area (Å²) in [6.07, 6.45) is 0. The molecule has 1 heteroatoms. The van der Waals surface area contributed by atoms with Gasteiger partial charge in [0, 0.05) is 0 Å². The SMILES string of the molecule is Cc1cc[c]c(-c2cccc(F)c2)c1. The number of hydrogen-bond acceptors (Lipinski definition) is 0. The zero-order chi connectivity index (χ0) is 9.97. The summed E-state index contributed by atoms with van der Waals surface area (Å²) in [5, 5.41) is 0. The molecule has 1 radical (unpaired) electrons. The minimum absolute atomic E-state index is 0.211. The van der Waals surface area contributed by atoms with Gasteiger partial charge in [0.1, 0.15) is 5.82 Å². The van der Waals surface area contributed by atoms with Crippen molar-refractivity contribution in [2.24, 2.45) is 0 Å². The van der Waals surface area contributed by atoms with Gasteiger partial charge in [-0.1, -0.05) is 35.9 Å². The van der Waals surface area contributed by atoms with E-state index < -0.39 is 0 Å². The minimum Gasteiger partial charge on any atom is -0.207 e.